The van der Waals surface area contributed by atoms with E-state index in [1.54, 1.807) is 0 Å². The van der Waals surface area contributed by atoms with Gasteiger partial charge in [0.15, 0.2) is 5.69 Å². The lowest BCUT2D eigenvalue weighted by molar-refractivity contribution is -0.666. The molecule has 0 bridgehead atoms. The molecule has 0 saturated carbocycles. The summed E-state index contributed by atoms with van der Waals surface area (Å²) in [5.74, 6) is 0. The summed E-state index contributed by atoms with van der Waals surface area (Å²) in [6, 6.07) is 12.9. The van der Waals surface area contributed by atoms with Gasteiger partial charge in [0.25, 0.3) is 0 Å². The maximum absolute atomic E-state index is 5.71. The molecule has 2 heteroatoms. The van der Waals surface area contributed by atoms with Crippen molar-refractivity contribution in [1.82, 2.24) is 0 Å². The maximum Gasteiger partial charge on any atom is 0.212 e. The highest BCUT2D eigenvalue weighted by Gasteiger charge is 2.17. The first-order valence-electron chi connectivity index (χ1n) is 7.86. The number of hydrogen-bond acceptors (Lipinski definition) is 1. The van der Waals surface area contributed by atoms with Crippen LogP contribution in [0.5, 0.6) is 0 Å². The van der Waals surface area contributed by atoms with Gasteiger partial charge in [-0.05, 0) is 38.0 Å². The van der Waals surface area contributed by atoms with Crippen molar-refractivity contribution in [2.75, 3.05) is 6.61 Å². The standard InChI is InChI=1S/C20H26NO/c1-6-17-11-12-20(21(5)16(17)4)19-10-8-7-9-18(19)13-14-22-15(2)3/h6-12,15H,1,13-14H2,2-5H3/q+1. The summed E-state index contributed by atoms with van der Waals surface area (Å²) in [6.07, 6.45) is 3.11. The topological polar surface area (TPSA) is 13.1 Å². The van der Waals surface area contributed by atoms with Crippen LogP contribution in [-0.2, 0) is 18.2 Å². The van der Waals surface area contributed by atoms with E-state index in [0.717, 1.165) is 13.0 Å². The van der Waals surface area contributed by atoms with E-state index >= 15 is 0 Å². The monoisotopic (exact) mass is 296 g/mol. The average molecular weight is 296 g/mol. The van der Waals surface area contributed by atoms with Gasteiger partial charge in [0.1, 0.15) is 7.05 Å². The molecule has 0 aliphatic rings. The predicted octanol–water partition coefficient (Wildman–Crippen LogP) is 4.10. The lowest BCUT2D eigenvalue weighted by atomic mass is 10.00. The first kappa shape index (κ1) is 16.4. The van der Waals surface area contributed by atoms with Crippen molar-refractivity contribution in [3.63, 3.8) is 0 Å². The van der Waals surface area contributed by atoms with Gasteiger partial charge in [-0.25, -0.2) is 0 Å². The largest absolute Gasteiger partial charge is 0.378 e. The van der Waals surface area contributed by atoms with Gasteiger partial charge in [0.2, 0.25) is 5.69 Å². The smallest absolute Gasteiger partial charge is 0.212 e. The molecular formula is C20H26NO+. The number of ether oxygens (including phenoxy) is 1. The van der Waals surface area contributed by atoms with Gasteiger partial charge in [-0.3, -0.25) is 0 Å². The molecule has 22 heavy (non-hydrogen) atoms. The third kappa shape index (κ3) is 3.63. The molecular weight excluding hydrogens is 270 g/mol. The third-order valence-corrected chi connectivity index (χ3v) is 4.04. The van der Waals surface area contributed by atoms with Gasteiger partial charge in [-0.2, -0.15) is 4.57 Å². The van der Waals surface area contributed by atoms with E-state index in [-0.39, 0.29) is 6.10 Å². The first-order chi connectivity index (χ1) is 10.5. The fraction of sp³-hybridized carbons (Fsp3) is 0.350. The van der Waals surface area contributed by atoms with E-state index in [9.17, 15) is 0 Å². The van der Waals surface area contributed by atoms with Crippen LogP contribution in [0.4, 0.5) is 0 Å². The summed E-state index contributed by atoms with van der Waals surface area (Å²) in [4.78, 5) is 0. The second-order valence-corrected chi connectivity index (χ2v) is 5.85. The molecule has 1 heterocycles. The summed E-state index contributed by atoms with van der Waals surface area (Å²) < 4.78 is 7.94. The molecule has 2 aromatic rings. The average Bonchev–Trinajstić information content (AvgIpc) is 2.50. The Morgan fingerprint density at radius 1 is 1.18 bits per heavy atom. The number of hydrogen-bond donors (Lipinski definition) is 0. The van der Waals surface area contributed by atoms with Crippen molar-refractivity contribution in [3.05, 3.63) is 59.8 Å². The lowest BCUT2D eigenvalue weighted by Gasteiger charge is -2.11. The highest BCUT2D eigenvalue weighted by molar-refractivity contribution is 5.62. The second-order valence-electron chi connectivity index (χ2n) is 5.85. The molecule has 0 atom stereocenters. The Bertz CT molecular complexity index is 659. The van der Waals surface area contributed by atoms with Crippen LogP contribution in [0.2, 0.25) is 0 Å². The van der Waals surface area contributed by atoms with Crippen LogP contribution in [0, 0.1) is 6.92 Å². The number of benzene rings is 1. The zero-order chi connectivity index (χ0) is 16.1. The molecule has 0 amide bonds. The minimum atomic E-state index is 0.275. The van der Waals surface area contributed by atoms with Gasteiger partial charge < -0.3 is 4.74 Å². The SMILES string of the molecule is C=Cc1ccc(-c2ccccc2CCOC(C)C)[n+](C)c1C. The Labute approximate surface area is 134 Å². The number of pyridine rings is 1. The molecule has 116 valence electrons. The molecule has 0 fully saturated rings. The molecule has 0 spiro atoms. The summed E-state index contributed by atoms with van der Waals surface area (Å²) in [6.45, 7) is 10.9. The summed E-state index contributed by atoms with van der Waals surface area (Å²) in [5, 5.41) is 0. The van der Waals surface area contributed by atoms with Crippen LogP contribution in [-0.4, -0.2) is 12.7 Å². The van der Waals surface area contributed by atoms with Crippen LogP contribution in [0.15, 0.2) is 43.0 Å². The van der Waals surface area contributed by atoms with E-state index in [1.807, 2.05) is 6.08 Å². The van der Waals surface area contributed by atoms with Crippen LogP contribution in [0.25, 0.3) is 17.3 Å². The van der Waals surface area contributed by atoms with Crippen molar-refractivity contribution in [1.29, 1.82) is 0 Å². The Hall–Kier alpha value is -1.93. The van der Waals surface area contributed by atoms with Gasteiger partial charge in [-0.1, -0.05) is 30.9 Å². The van der Waals surface area contributed by atoms with Gasteiger partial charge in [-0.15, -0.1) is 0 Å². The van der Waals surface area contributed by atoms with E-state index in [4.69, 9.17) is 4.74 Å². The quantitative estimate of drug-likeness (QED) is 0.732. The lowest BCUT2D eigenvalue weighted by Crippen LogP contribution is -2.35. The molecule has 0 aliphatic heterocycles. The number of rotatable bonds is 6. The van der Waals surface area contributed by atoms with Crippen molar-refractivity contribution >= 4 is 6.08 Å². The molecule has 1 aromatic carbocycles. The van der Waals surface area contributed by atoms with E-state index in [2.05, 4.69) is 75.4 Å². The fourth-order valence-corrected chi connectivity index (χ4v) is 2.65. The maximum atomic E-state index is 5.71. The van der Waals surface area contributed by atoms with Crippen molar-refractivity contribution in [3.8, 4) is 11.3 Å². The number of aromatic nitrogens is 1. The Morgan fingerprint density at radius 3 is 2.59 bits per heavy atom. The van der Waals surface area contributed by atoms with Crippen molar-refractivity contribution in [2.24, 2.45) is 7.05 Å². The minimum Gasteiger partial charge on any atom is -0.378 e. The van der Waals surface area contributed by atoms with E-state index in [0.29, 0.717) is 0 Å². The first-order valence-corrected chi connectivity index (χ1v) is 7.86. The zero-order valence-corrected chi connectivity index (χ0v) is 14.1. The van der Waals surface area contributed by atoms with Crippen LogP contribution >= 0.6 is 0 Å². The predicted molar refractivity (Wildman–Crippen MR) is 92.7 cm³/mol. The number of nitrogens with zero attached hydrogens (tertiary/aromatic N) is 1. The minimum absolute atomic E-state index is 0.275. The molecule has 1 aromatic heterocycles. The molecule has 0 radical (unpaired) electrons. The highest BCUT2D eigenvalue weighted by Crippen LogP contribution is 2.22. The summed E-state index contributed by atoms with van der Waals surface area (Å²) >= 11 is 0. The Balaban J connectivity index is 2.37. The van der Waals surface area contributed by atoms with E-state index in [1.165, 1.54) is 28.1 Å². The Morgan fingerprint density at radius 2 is 1.91 bits per heavy atom. The van der Waals surface area contributed by atoms with Crippen molar-refractivity contribution < 1.29 is 9.30 Å². The normalized spacial score (nSPS) is 11.0. The molecule has 0 saturated heterocycles. The highest BCUT2D eigenvalue weighted by atomic mass is 16.5. The van der Waals surface area contributed by atoms with Gasteiger partial charge in [0, 0.05) is 24.1 Å². The third-order valence-electron chi connectivity index (χ3n) is 4.04. The summed E-state index contributed by atoms with van der Waals surface area (Å²) in [7, 11) is 2.11. The van der Waals surface area contributed by atoms with Crippen LogP contribution in [0.1, 0.15) is 30.7 Å². The van der Waals surface area contributed by atoms with Gasteiger partial charge >= 0.3 is 0 Å². The summed E-state index contributed by atoms with van der Waals surface area (Å²) in [5.41, 5.74) is 6.22. The Kier molecular flexibility index (Phi) is 5.51. The van der Waals surface area contributed by atoms with Crippen LogP contribution < -0.4 is 4.57 Å². The fourth-order valence-electron chi connectivity index (χ4n) is 2.65. The second kappa shape index (κ2) is 7.37. The van der Waals surface area contributed by atoms with Crippen LogP contribution in [0.3, 0.4) is 0 Å². The molecule has 0 N–H and O–H groups in total. The molecule has 0 unspecified atom stereocenters. The zero-order valence-electron chi connectivity index (χ0n) is 14.1. The molecule has 0 aliphatic carbocycles. The van der Waals surface area contributed by atoms with Gasteiger partial charge in [0.05, 0.1) is 12.7 Å². The molecule has 2 rings (SSSR count). The molecule has 2 nitrogen and oxygen atoms in total. The van der Waals surface area contributed by atoms with E-state index < -0.39 is 0 Å². The van der Waals surface area contributed by atoms with Crippen molar-refractivity contribution in [2.45, 2.75) is 33.3 Å².